The number of para-hydroxylation sites is 1. The first-order valence-electron chi connectivity index (χ1n) is 6.06. The molecule has 0 bridgehead atoms. The van der Waals surface area contributed by atoms with Crippen LogP contribution in [0.15, 0.2) is 35.4 Å². The van der Waals surface area contributed by atoms with Gasteiger partial charge in [-0.2, -0.15) is 0 Å². The van der Waals surface area contributed by atoms with E-state index in [1.54, 1.807) is 0 Å². The minimum absolute atomic E-state index is 0.562. The van der Waals surface area contributed by atoms with Gasteiger partial charge in [-0.1, -0.05) is 31.5 Å². The first-order valence-corrected chi connectivity index (χ1v) is 7.05. The fraction of sp³-hybridized carbons (Fsp3) is 0.357. The molecule has 0 spiro atoms. The second-order valence-electron chi connectivity index (χ2n) is 4.04. The maximum atomic E-state index is 5.79. The Morgan fingerprint density at radius 3 is 2.88 bits per heavy atom. The Morgan fingerprint density at radius 1 is 1.29 bits per heavy atom. The quantitative estimate of drug-likeness (QED) is 0.647. The molecule has 0 aliphatic rings. The Bertz CT molecular complexity index is 497. The van der Waals surface area contributed by atoms with Gasteiger partial charge in [-0.05, 0) is 23.8 Å². The zero-order valence-corrected chi connectivity index (χ0v) is 11.0. The average Bonchev–Trinajstić information content (AvgIpc) is 2.39. The minimum atomic E-state index is 0.562. The van der Waals surface area contributed by atoms with Crippen molar-refractivity contribution in [3.8, 4) is 0 Å². The fourth-order valence-corrected chi connectivity index (χ4v) is 3.08. The van der Waals surface area contributed by atoms with E-state index in [2.05, 4.69) is 30.1 Å². The van der Waals surface area contributed by atoms with E-state index >= 15 is 0 Å². The van der Waals surface area contributed by atoms with Crippen molar-refractivity contribution in [2.75, 3.05) is 5.75 Å². The van der Waals surface area contributed by atoms with E-state index in [9.17, 15) is 0 Å². The summed E-state index contributed by atoms with van der Waals surface area (Å²) in [6, 6.07) is 8.28. The zero-order chi connectivity index (χ0) is 12.1. The predicted molar refractivity (Wildman–Crippen MR) is 75.3 cm³/mol. The molecule has 2 nitrogen and oxygen atoms in total. The monoisotopic (exact) mass is 246 g/mol. The SMILES string of the molecule is CCCCSc1c(CN)cnc2ccccc12. The highest BCUT2D eigenvalue weighted by molar-refractivity contribution is 7.99. The smallest absolute Gasteiger partial charge is 0.0713 e. The minimum Gasteiger partial charge on any atom is -0.326 e. The maximum Gasteiger partial charge on any atom is 0.0713 e. The standard InChI is InChI=1S/C14H18N2S/c1-2-3-8-17-14-11(9-15)10-16-13-7-5-4-6-12(13)14/h4-7,10H,2-3,8-9,15H2,1H3. The Kier molecular flexibility index (Phi) is 4.40. The van der Waals surface area contributed by atoms with E-state index in [1.807, 2.05) is 24.0 Å². The lowest BCUT2D eigenvalue weighted by Crippen LogP contribution is -2.00. The van der Waals surface area contributed by atoms with Crippen LogP contribution >= 0.6 is 11.8 Å². The van der Waals surface area contributed by atoms with Gasteiger partial charge in [0.2, 0.25) is 0 Å². The van der Waals surface area contributed by atoms with Crippen molar-refractivity contribution in [1.29, 1.82) is 0 Å². The number of fused-ring (bicyclic) bond motifs is 1. The number of unbranched alkanes of at least 4 members (excludes halogenated alkanes) is 1. The summed E-state index contributed by atoms with van der Waals surface area (Å²) in [6.07, 6.45) is 4.38. The third-order valence-corrected chi connectivity index (χ3v) is 4.03. The molecule has 0 fully saturated rings. The number of nitrogens with zero attached hydrogens (tertiary/aromatic N) is 1. The molecule has 2 rings (SSSR count). The summed E-state index contributed by atoms with van der Waals surface area (Å²) in [4.78, 5) is 5.76. The molecule has 0 aliphatic carbocycles. The molecule has 2 N–H and O–H groups in total. The highest BCUT2D eigenvalue weighted by atomic mass is 32.2. The molecule has 0 unspecified atom stereocenters. The summed E-state index contributed by atoms with van der Waals surface area (Å²) in [5, 5.41) is 1.23. The van der Waals surface area contributed by atoms with Gasteiger partial charge in [0.25, 0.3) is 0 Å². The van der Waals surface area contributed by atoms with Crippen molar-refractivity contribution in [3.63, 3.8) is 0 Å². The van der Waals surface area contributed by atoms with Crippen LogP contribution in [-0.2, 0) is 6.54 Å². The summed E-state index contributed by atoms with van der Waals surface area (Å²) in [5.41, 5.74) is 8.01. The highest BCUT2D eigenvalue weighted by Gasteiger charge is 2.07. The van der Waals surface area contributed by atoms with Crippen LogP contribution in [-0.4, -0.2) is 10.7 Å². The fourth-order valence-electron chi connectivity index (χ4n) is 1.79. The topological polar surface area (TPSA) is 38.9 Å². The second kappa shape index (κ2) is 6.03. The normalized spacial score (nSPS) is 10.9. The number of nitrogens with two attached hydrogens (primary N) is 1. The van der Waals surface area contributed by atoms with Crippen LogP contribution < -0.4 is 5.73 Å². The first-order chi connectivity index (χ1) is 8.36. The van der Waals surface area contributed by atoms with Gasteiger partial charge in [-0.3, -0.25) is 4.98 Å². The lowest BCUT2D eigenvalue weighted by atomic mass is 10.1. The third kappa shape index (κ3) is 2.79. The maximum absolute atomic E-state index is 5.79. The zero-order valence-electron chi connectivity index (χ0n) is 10.1. The molecule has 17 heavy (non-hydrogen) atoms. The molecule has 1 aromatic carbocycles. The molecule has 0 amide bonds. The van der Waals surface area contributed by atoms with Crippen LogP contribution in [0.25, 0.3) is 10.9 Å². The van der Waals surface area contributed by atoms with Crippen molar-refractivity contribution in [2.45, 2.75) is 31.2 Å². The molecule has 0 radical (unpaired) electrons. The van der Waals surface area contributed by atoms with E-state index in [4.69, 9.17) is 5.73 Å². The van der Waals surface area contributed by atoms with Crippen molar-refractivity contribution in [2.24, 2.45) is 5.73 Å². The molecular formula is C14H18N2S. The molecule has 2 aromatic rings. The Labute approximate surface area is 107 Å². The number of hydrogen-bond donors (Lipinski definition) is 1. The van der Waals surface area contributed by atoms with Gasteiger partial charge in [-0.15, -0.1) is 11.8 Å². The van der Waals surface area contributed by atoms with Crippen LogP contribution in [0.1, 0.15) is 25.3 Å². The number of pyridine rings is 1. The molecule has 0 atom stereocenters. The molecule has 3 heteroatoms. The van der Waals surface area contributed by atoms with Crippen LogP contribution in [0.3, 0.4) is 0 Å². The lowest BCUT2D eigenvalue weighted by molar-refractivity contribution is 0.895. The van der Waals surface area contributed by atoms with Crippen molar-refractivity contribution < 1.29 is 0 Å². The third-order valence-electron chi connectivity index (χ3n) is 2.76. The number of benzene rings is 1. The van der Waals surface area contributed by atoms with E-state index in [-0.39, 0.29) is 0 Å². The van der Waals surface area contributed by atoms with Gasteiger partial charge in [0.15, 0.2) is 0 Å². The largest absolute Gasteiger partial charge is 0.326 e. The van der Waals surface area contributed by atoms with Crippen LogP contribution in [0, 0.1) is 0 Å². The highest BCUT2D eigenvalue weighted by Crippen LogP contribution is 2.30. The van der Waals surface area contributed by atoms with Crippen molar-refractivity contribution in [3.05, 3.63) is 36.0 Å². The van der Waals surface area contributed by atoms with E-state index in [0.29, 0.717) is 6.54 Å². The number of hydrogen-bond acceptors (Lipinski definition) is 3. The Hall–Kier alpha value is -1.06. The van der Waals surface area contributed by atoms with Gasteiger partial charge >= 0.3 is 0 Å². The summed E-state index contributed by atoms with van der Waals surface area (Å²) < 4.78 is 0. The van der Waals surface area contributed by atoms with Gasteiger partial charge in [-0.25, -0.2) is 0 Å². The van der Waals surface area contributed by atoms with E-state index in [0.717, 1.165) is 16.8 Å². The van der Waals surface area contributed by atoms with Gasteiger partial charge < -0.3 is 5.73 Å². The van der Waals surface area contributed by atoms with Crippen LogP contribution in [0.5, 0.6) is 0 Å². The summed E-state index contributed by atoms with van der Waals surface area (Å²) in [6.45, 7) is 2.78. The average molecular weight is 246 g/mol. The summed E-state index contributed by atoms with van der Waals surface area (Å²) >= 11 is 1.91. The summed E-state index contributed by atoms with van der Waals surface area (Å²) in [5.74, 6) is 1.15. The molecule has 0 aliphatic heterocycles. The summed E-state index contributed by atoms with van der Waals surface area (Å²) in [7, 11) is 0. The Balaban J connectivity index is 2.40. The second-order valence-corrected chi connectivity index (χ2v) is 5.14. The molecule has 0 saturated carbocycles. The molecule has 0 saturated heterocycles. The van der Waals surface area contributed by atoms with Crippen LogP contribution in [0.4, 0.5) is 0 Å². The molecule has 90 valence electrons. The van der Waals surface area contributed by atoms with Crippen molar-refractivity contribution >= 4 is 22.7 Å². The van der Waals surface area contributed by atoms with Gasteiger partial charge in [0, 0.05) is 23.0 Å². The molecular weight excluding hydrogens is 228 g/mol. The predicted octanol–water partition coefficient (Wildman–Crippen LogP) is 3.59. The number of aromatic nitrogens is 1. The first kappa shape index (κ1) is 12.4. The van der Waals surface area contributed by atoms with Crippen molar-refractivity contribution in [1.82, 2.24) is 4.98 Å². The molecule has 1 aromatic heterocycles. The lowest BCUT2D eigenvalue weighted by Gasteiger charge is -2.10. The molecule has 1 heterocycles. The van der Waals surface area contributed by atoms with E-state index < -0.39 is 0 Å². The number of rotatable bonds is 5. The van der Waals surface area contributed by atoms with E-state index in [1.165, 1.54) is 23.1 Å². The number of thioether (sulfide) groups is 1. The van der Waals surface area contributed by atoms with Gasteiger partial charge in [0.05, 0.1) is 5.52 Å². The van der Waals surface area contributed by atoms with Gasteiger partial charge in [0.1, 0.15) is 0 Å². The van der Waals surface area contributed by atoms with Crippen LogP contribution in [0.2, 0.25) is 0 Å². The Morgan fingerprint density at radius 2 is 2.12 bits per heavy atom.